The molecule has 2 nitrogen and oxygen atoms in total. The molecule has 1 N–H and O–H groups in total. The number of rotatable bonds is 3. The molecule has 0 bridgehead atoms. The van der Waals surface area contributed by atoms with Gasteiger partial charge in [-0.25, -0.2) is 4.39 Å². The van der Waals surface area contributed by atoms with E-state index < -0.39 is 5.82 Å². The van der Waals surface area contributed by atoms with E-state index in [0.717, 1.165) is 12.4 Å². The van der Waals surface area contributed by atoms with Crippen LogP contribution in [-0.4, -0.2) is 11.4 Å². The fourth-order valence-electron chi connectivity index (χ4n) is 0.953. The summed E-state index contributed by atoms with van der Waals surface area (Å²) in [7, 11) is 0. The number of hydrogen-bond acceptors (Lipinski definition) is 2. The smallest absolute Gasteiger partial charge is 0.130 e. The van der Waals surface area contributed by atoms with Gasteiger partial charge in [-0.05, 0) is 18.1 Å². The van der Waals surface area contributed by atoms with Crippen LogP contribution in [-0.2, 0) is 11.2 Å². The fraction of sp³-hybridized carbons (Fsp3) is 0.222. The van der Waals surface area contributed by atoms with Crippen LogP contribution in [0.3, 0.4) is 0 Å². The number of carbonyl (C=O) groups excluding carboxylic acids is 1. The van der Waals surface area contributed by atoms with Gasteiger partial charge in [-0.15, -0.1) is 0 Å². The average Bonchev–Trinajstić information content (AvgIpc) is 2.03. The van der Waals surface area contributed by atoms with E-state index in [1.807, 2.05) is 0 Å². The second kappa shape index (κ2) is 3.85. The van der Waals surface area contributed by atoms with Crippen molar-refractivity contribution in [2.45, 2.75) is 12.8 Å². The molecule has 0 aliphatic rings. The van der Waals surface area contributed by atoms with Crippen molar-refractivity contribution in [3.8, 4) is 5.75 Å². The van der Waals surface area contributed by atoms with Gasteiger partial charge in [-0.3, -0.25) is 0 Å². The van der Waals surface area contributed by atoms with Crippen LogP contribution in [0.15, 0.2) is 18.2 Å². The number of phenols is 1. The number of carbonyl (C=O) groups is 1. The van der Waals surface area contributed by atoms with Crippen molar-refractivity contribution in [2.24, 2.45) is 0 Å². The summed E-state index contributed by atoms with van der Waals surface area (Å²) in [6.07, 6.45) is 1.43. The highest BCUT2D eigenvalue weighted by Crippen LogP contribution is 2.15. The number of aromatic hydroxyl groups is 1. The molecule has 0 atom stereocenters. The third-order valence-electron chi connectivity index (χ3n) is 1.57. The minimum atomic E-state index is -0.461. The van der Waals surface area contributed by atoms with Crippen molar-refractivity contribution < 1.29 is 14.3 Å². The third kappa shape index (κ3) is 2.05. The lowest BCUT2D eigenvalue weighted by atomic mass is 10.1. The number of benzene rings is 1. The average molecular weight is 168 g/mol. The van der Waals surface area contributed by atoms with E-state index in [1.54, 1.807) is 0 Å². The van der Waals surface area contributed by atoms with Gasteiger partial charge in [0.15, 0.2) is 0 Å². The summed E-state index contributed by atoms with van der Waals surface area (Å²) in [5.41, 5.74) is 0.458. The first-order valence-corrected chi connectivity index (χ1v) is 3.65. The van der Waals surface area contributed by atoms with Crippen LogP contribution in [0.4, 0.5) is 4.39 Å². The summed E-state index contributed by atoms with van der Waals surface area (Å²) < 4.78 is 12.9. The quantitative estimate of drug-likeness (QED) is 0.697. The Morgan fingerprint density at radius 2 is 2.25 bits per heavy atom. The largest absolute Gasteiger partial charge is 0.508 e. The van der Waals surface area contributed by atoms with Gasteiger partial charge in [-0.1, -0.05) is 6.07 Å². The summed E-state index contributed by atoms with van der Waals surface area (Å²) in [6, 6.07) is 3.93. The van der Waals surface area contributed by atoms with E-state index in [9.17, 15) is 9.18 Å². The number of aldehydes is 1. The van der Waals surface area contributed by atoms with Crippen molar-refractivity contribution >= 4 is 6.29 Å². The fourth-order valence-corrected chi connectivity index (χ4v) is 0.953. The third-order valence-corrected chi connectivity index (χ3v) is 1.57. The molecule has 12 heavy (non-hydrogen) atoms. The number of phenolic OH excluding ortho intramolecular Hbond substituents is 1. The Labute approximate surface area is 69.6 Å². The molecule has 0 radical (unpaired) electrons. The minimum absolute atomic E-state index is 0.0950. The van der Waals surface area contributed by atoms with Crippen molar-refractivity contribution in [2.75, 3.05) is 0 Å². The van der Waals surface area contributed by atoms with Crippen LogP contribution in [0.5, 0.6) is 5.75 Å². The monoisotopic (exact) mass is 168 g/mol. The van der Waals surface area contributed by atoms with Gasteiger partial charge >= 0.3 is 0 Å². The van der Waals surface area contributed by atoms with E-state index in [4.69, 9.17) is 5.11 Å². The highest BCUT2D eigenvalue weighted by molar-refractivity contribution is 5.50. The molecule has 0 saturated heterocycles. The summed E-state index contributed by atoms with van der Waals surface area (Å²) in [5, 5.41) is 8.85. The van der Waals surface area contributed by atoms with Crippen molar-refractivity contribution in [1.82, 2.24) is 0 Å². The lowest BCUT2D eigenvalue weighted by molar-refractivity contribution is -0.107. The number of hydrogen-bond donors (Lipinski definition) is 1. The Morgan fingerprint density at radius 1 is 1.50 bits per heavy atom. The zero-order chi connectivity index (χ0) is 8.97. The van der Waals surface area contributed by atoms with E-state index in [-0.39, 0.29) is 5.75 Å². The van der Waals surface area contributed by atoms with Gasteiger partial charge in [0, 0.05) is 12.5 Å². The minimum Gasteiger partial charge on any atom is -0.508 e. The van der Waals surface area contributed by atoms with Gasteiger partial charge in [0.05, 0.1) is 0 Å². The standard InChI is InChI=1S/C9H9FO2/c10-9-6-8(12)4-3-7(9)2-1-5-11/h3-6,12H,1-2H2. The Balaban J connectivity index is 2.78. The summed E-state index contributed by atoms with van der Waals surface area (Å²) in [6.45, 7) is 0. The van der Waals surface area contributed by atoms with Crippen LogP contribution in [0.2, 0.25) is 0 Å². The molecule has 0 aromatic heterocycles. The van der Waals surface area contributed by atoms with Crippen LogP contribution >= 0.6 is 0 Å². The molecule has 3 heteroatoms. The first-order valence-electron chi connectivity index (χ1n) is 3.65. The maximum absolute atomic E-state index is 12.9. The first kappa shape index (κ1) is 8.71. The van der Waals surface area contributed by atoms with E-state index in [0.29, 0.717) is 18.4 Å². The Morgan fingerprint density at radius 3 is 2.83 bits per heavy atom. The van der Waals surface area contributed by atoms with Gasteiger partial charge in [-0.2, -0.15) is 0 Å². The Hall–Kier alpha value is -1.38. The van der Waals surface area contributed by atoms with Crippen molar-refractivity contribution in [1.29, 1.82) is 0 Å². The second-order valence-corrected chi connectivity index (χ2v) is 2.48. The van der Waals surface area contributed by atoms with Crippen molar-refractivity contribution in [3.63, 3.8) is 0 Å². The Bertz CT molecular complexity index is 284. The summed E-state index contributed by atoms with van der Waals surface area (Å²) in [5.74, 6) is -0.556. The zero-order valence-electron chi connectivity index (χ0n) is 6.46. The molecular weight excluding hydrogens is 159 g/mol. The molecular formula is C9H9FO2. The normalized spacial score (nSPS) is 9.75. The van der Waals surface area contributed by atoms with Crippen LogP contribution in [0.1, 0.15) is 12.0 Å². The molecule has 1 aromatic carbocycles. The molecule has 0 unspecified atom stereocenters. The molecule has 0 amide bonds. The molecule has 0 spiro atoms. The van der Waals surface area contributed by atoms with E-state index in [1.165, 1.54) is 12.1 Å². The molecule has 0 heterocycles. The molecule has 0 aliphatic carbocycles. The lowest BCUT2D eigenvalue weighted by Gasteiger charge is -1.99. The van der Waals surface area contributed by atoms with Crippen LogP contribution in [0, 0.1) is 5.82 Å². The predicted molar refractivity (Wildman–Crippen MR) is 42.4 cm³/mol. The second-order valence-electron chi connectivity index (χ2n) is 2.48. The zero-order valence-corrected chi connectivity index (χ0v) is 6.46. The molecule has 1 aromatic rings. The van der Waals surface area contributed by atoms with Crippen LogP contribution < -0.4 is 0 Å². The van der Waals surface area contributed by atoms with Gasteiger partial charge in [0.1, 0.15) is 17.9 Å². The Kier molecular flexibility index (Phi) is 2.80. The highest BCUT2D eigenvalue weighted by atomic mass is 19.1. The SMILES string of the molecule is O=CCCc1ccc(O)cc1F. The molecule has 0 saturated carbocycles. The molecule has 1 rings (SSSR count). The van der Waals surface area contributed by atoms with Crippen LogP contribution in [0.25, 0.3) is 0 Å². The maximum atomic E-state index is 12.9. The van der Waals surface area contributed by atoms with Gasteiger partial charge < -0.3 is 9.90 Å². The molecule has 0 aliphatic heterocycles. The van der Waals surface area contributed by atoms with Gasteiger partial charge in [0.2, 0.25) is 0 Å². The van der Waals surface area contributed by atoms with E-state index in [2.05, 4.69) is 0 Å². The van der Waals surface area contributed by atoms with Gasteiger partial charge in [0.25, 0.3) is 0 Å². The summed E-state index contributed by atoms with van der Waals surface area (Å²) >= 11 is 0. The molecule has 64 valence electrons. The first-order chi connectivity index (χ1) is 5.74. The maximum Gasteiger partial charge on any atom is 0.130 e. The van der Waals surface area contributed by atoms with Crippen molar-refractivity contribution in [3.05, 3.63) is 29.6 Å². The molecule has 0 fully saturated rings. The topological polar surface area (TPSA) is 37.3 Å². The number of halogens is 1. The van der Waals surface area contributed by atoms with E-state index >= 15 is 0 Å². The lowest BCUT2D eigenvalue weighted by Crippen LogP contribution is -1.90. The summed E-state index contributed by atoms with van der Waals surface area (Å²) in [4.78, 5) is 9.98. The number of aryl methyl sites for hydroxylation is 1. The highest BCUT2D eigenvalue weighted by Gasteiger charge is 2.01. The predicted octanol–water partition coefficient (Wildman–Crippen LogP) is 1.66.